The largest absolute Gasteiger partial charge is 0.489 e. The molecule has 5 nitrogen and oxygen atoms in total. The second-order valence-corrected chi connectivity index (χ2v) is 5.89. The molecule has 4 rings (SSSR count). The molecule has 0 unspecified atom stereocenters. The standard InChI is InChI=1S/C20H18N4O/c1-14-23-19-12-22-10-9-20(19)24(14)17-5-7-18(8-6-17)25-13-15-3-2-4-16(21)11-15/h2-12H,13,21H2,1H3. The van der Waals surface area contributed by atoms with Crippen molar-refractivity contribution in [1.82, 2.24) is 14.5 Å². The Morgan fingerprint density at radius 3 is 2.72 bits per heavy atom. The van der Waals surface area contributed by atoms with Crippen LogP contribution >= 0.6 is 0 Å². The Hall–Kier alpha value is -3.34. The average Bonchev–Trinajstić information content (AvgIpc) is 2.96. The maximum atomic E-state index is 5.85. The maximum absolute atomic E-state index is 5.85. The number of anilines is 1. The highest BCUT2D eigenvalue weighted by atomic mass is 16.5. The van der Waals surface area contributed by atoms with Crippen LogP contribution in [0.15, 0.2) is 67.0 Å². The number of imidazole rings is 1. The van der Waals surface area contributed by atoms with Gasteiger partial charge in [-0.05, 0) is 55.0 Å². The quantitative estimate of drug-likeness (QED) is 0.577. The molecule has 0 bridgehead atoms. The predicted octanol–water partition coefficient (Wildman–Crippen LogP) is 3.89. The van der Waals surface area contributed by atoms with Crippen molar-refractivity contribution in [2.75, 3.05) is 5.73 Å². The first kappa shape index (κ1) is 15.2. The van der Waals surface area contributed by atoms with Gasteiger partial charge in [0.25, 0.3) is 0 Å². The van der Waals surface area contributed by atoms with Crippen LogP contribution in [0.5, 0.6) is 5.75 Å². The van der Waals surface area contributed by atoms with E-state index < -0.39 is 0 Å². The summed E-state index contributed by atoms with van der Waals surface area (Å²) in [5.74, 6) is 1.74. The molecule has 0 amide bonds. The second kappa shape index (κ2) is 6.28. The van der Waals surface area contributed by atoms with Crippen LogP contribution in [0.2, 0.25) is 0 Å². The minimum atomic E-state index is 0.489. The molecule has 2 aromatic heterocycles. The van der Waals surface area contributed by atoms with Crippen molar-refractivity contribution in [3.05, 3.63) is 78.4 Å². The van der Waals surface area contributed by atoms with Crippen molar-refractivity contribution < 1.29 is 4.74 Å². The molecule has 4 aromatic rings. The van der Waals surface area contributed by atoms with Gasteiger partial charge in [0.2, 0.25) is 0 Å². The van der Waals surface area contributed by atoms with Gasteiger partial charge in [0.05, 0.1) is 11.7 Å². The highest BCUT2D eigenvalue weighted by Gasteiger charge is 2.09. The fourth-order valence-electron chi connectivity index (χ4n) is 2.92. The lowest BCUT2D eigenvalue weighted by molar-refractivity contribution is 0.306. The van der Waals surface area contributed by atoms with Crippen molar-refractivity contribution in [2.45, 2.75) is 13.5 Å². The third kappa shape index (κ3) is 3.04. The first-order valence-electron chi connectivity index (χ1n) is 8.07. The Balaban J connectivity index is 1.56. The molecule has 0 saturated heterocycles. The number of aromatic nitrogens is 3. The lowest BCUT2D eigenvalue weighted by Gasteiger charge is -2.10. The van der Waals surface area contributed by atoms with Gasteiger partial charge in [-0.1, -0.05) is 12.1 Å². The number of benzene rings is 2. The van der Waals surface area contributed by atoms with Crippen molar-refractivity contribution >= 4 is 16.7 Å². The van der Waals surface area contributed by atoms with E-state index in [0.717, 1.165) is 39.5 Å². The molecular formula is C20H18N4O. The van der Waals surface area contributed by atoms with Crippen LogP contribution in [-0.2, 0) is 6.61 Å². The third-order valence-electron chi connectivity index (χ3n) is 4.08. The molecule has 0 spiro atoms. The second-order valence-electron chi connectivity index (χ2n) is 5.89. The minimum absolute atomic E-state index is 0.489. The summed E-state index contributed by atoms with van der Waals surface area (Å²) in [6, 6.07) is 17.7. The van der Waals surface area contributed by atoms with E-state index in [4.69, 9.17) is 10.5 Å². The van der Waals surface area contributed by atoms with E-state index in [0.29, 0.717) is 6.61 Å². The van der Waals surface area contributed by atoms with Gasteiger partial charge in [0.15, 0.2) is 0 Å². The van der Waals surface area contributed by atoms with Crippen molar-refractivity contribution in [3.63, 3.8) is 0 Å². The highest BCUT2D eigenvalue weighted by Crippen LogP contribution is 2.23. The van der Waals surface area contributed by atoms with Gasteiger partial charge in [0, 0.05) is 17.6 Å². The fourth-order valence-corrected chi connectivity index (χ4v) is 2.92. The molecule has 0 aliphatic heterocycles. The molecule has 5 heteroatoms. The van der Waals surface area contributed by atoms with Gasteiger partial charge in [0.1, 0.15) is 23.7 Å². The Morgan fingerprint density at radius 2 is 1.92 bits per heavy atom. The van der Waals surface area contributed by atoms with Crippen molar-refractivity contribution in [2.24, 2.45) is 0 Å². The molecule has 0 radical (unpaired) electrons. The predicted molar refractivity (Wildman–Crippen MR) is 98.8 cm³/mol. The van der Waals surface area contributed by atoms with E-state index in [-0.39, 0.29) is 0 Å². The van der Waals surface area contributed by atoms with Crippen LogP contribution in [0.25, 0.3) is 16.7 Å². The van der Waals surface area contributed by atoms with Gasteiger partial charge < -0.3 is 10.5 Å². The lowest BCUT2D eigenvalue weighted by atomic mass is 10.2. The summed E-state index contributed by atoms with van der Waals surface area (Å²) >= 11 is 0. The van der Waals surface area contributed by atoms with Crippen LogP contribution in [0.4, 0.5) is 5.69 Å². The van der Waals surface area contributed by atoms with Gasteiger partial charge in [-0.2, -0.15) is 0 Å². The summed E-state index contributed by atoms with van der Waals surface area (Å²) in [7, 11) is 0. The van der Waals surface area contributed by atoms with E-state index in [2.05, 4.69) is 14.5 Å². The number of fused-ring (bicyclic) bond motifs is 1. The minimum Gasteiger partial charge on any atom is -0.489 e. The summed E-state index contributed by atoms with van der Waals surface area (Å²) in [4.78, 5) is 8.68. The normalized spacial score (nSPS) is 10.9. The number of aryl methyl sites for hydroxylation is 1. The summed E-state index contributed by atoms with van der Waals surface area (Å²) in [6.07, 6.45) is 3.56. The van der Waals surface area contributed by atoms with E-state index in [1.807, 2.05) is 61.5 Å². The molecule has 0 aliphatic rings. The van der Waals surface area contributed by atoms with Gasteiger partial charge >= 0.3 is 0 Å². The summed E-state index contributed by atoms with van der Waals surface area (Å²) in [6.45, 7) is 2.48. The number of pyridine rings is 1. The molecule has 25 heavy (non-hydrogen) atoms. The molecule has 0 aliphatic carbocycles. The van der Waals surface area contributed by atoms with Crippen LogP contribution in [0, 0.1) is 6.92 Å². The Labute approximate surface area is 145 Å². The number of ether oxygens (including phenoxy) is 1. The summed E-state index contributed by atoms with van der Waals surface area (Å²) < 4.78 is 7.96. The zero-order valence-electron chi connectivity index (χ0n) is 13.9. The maximum Gasteiger partial charge on any atom is 0.119 e. The Morgan fingerprint density at radius 1 is 1.08 bits per heavy atom. The molecule has 0 saturated carbocycles. The number of hydrogen-bond donors (Lipinski definition) is 1. The number of rotatable bonds is 4. The number of hydrogen-bond acceptors (Lipinski definition) is 4. The molecule has 0 atom stereocenters. The Kier molecular flexibility index (Phi) is 3.82. The molecule has 2 N–H and O–H groups in total. The number of nitrogen functional groups attached to an aromatic ring is 1. The first-order chi connectivity index (χ1) is 12.2. The Bertz CT molecular complexity index is 1020. The zero-order chi connectivity index (χ0) is 17.2. The van der Waals surface area contributed by atoms with E-state index in [9.17, 15) is 0 Å². The molecule has 0 fully saturated rings. The van der Waals surface area contributed by atoms with Crippen LogP contribution in [0.3, 0.4) is 0 Å². The van der Waals surface area contributed by atoms with Crippen molar-refractivity contribution in [3.8, 4) is 11.4 Å². The summed E-state index contributed by atoms with van der Waals surface area (Å²) in [5.41, 5.74) is 10.6. The van der Waals surface area contributed by atoms with Gasteiger partial charge in [-0.3, -0.25) is 9.55 Å². The first-order valence-corrected chi connectivity index (χ1v) is 8.07. The van der Waals surface area contributed by atoms with Crippen molar-refractivity contribution in [1.29, 1.82) is 0 Å². The smallest absolute Gasteiger partial charge is 0.119 e. The van der Waals surface area contributed by atoms with Gasteiger partial charge in [-0.15, -0.1) is 0 Å². The van der Waals surface area contributed by atoms with E-state index >= 15 is 0 Å². The van der Waals surface area contributed by atoms with E-state index in [1.54, 1.807) is 12.4 Å². The van der Waals surface area contributed by atoms with Crippen LogP contribution in [0.1, 0.15) is 11.4 Å². The van der Waals surface area contributed by atoms with Gasteiger partial charge in [-0.25, -0.2) is 4.98 Å². The lowest BCUT2D eigenvalue weighted by Crippen LogP contribution is -1.99. The van der Waals surface area contributed by atoms with Crippen LogP contribution in [-0.4, -0.2) is 14.5 Å². The number of nitrogens with two attached hydrogens (primary N) is 1. The number of nitrogens with zero attached hydrogens (tertiary/aromatic N) is 3. The molecule has 2 heterocycles. The average molecular weight is 330 g/mol. The van der Waals surface area contributed by atoms with Crippen LogP contribution < -0.4 is 10.5 Å². The molecule has 2 aromatic carbocycles. The van der Waals surface area contributed by atoms with E-state index in [1.165, 1.54) is 0 Å². The topological polar surface area (TPSA) is 66.0 Å². The molecule has 124 valence electrons. The third-order valence-corrected chi connectivity index (χ3v) is 4.08. The highest BCUT2D eigenvalue weighted by molar-refractivity contribution is 5.77. The SMILES string of the molecule is Cc1nc2cnccc2n1-c1ccc(OCc2cccc(N)c2)cc1. The zero-order valence-corrected chi connectivity index (χ0v) is 13.9. The summed E-state index contributed by atoms with van der Waals surface area (Å²) in [5, 5.41) is 0. The monoisotopic (exact) mass is 330 g/mol. The fraction of sp³-hybridized carbons (Fsp3) is 0.100. The molecular weight excluding hydrogens is 312 g/mol.